The number of aliphatic hydroxyl groups is 2. The van der Waals surface area contributed by atoms with Crippen molar-refractivity contribution in [2.45, 2.75) is 132 Å². The first kappa shape index (κ1) is 35.2. The maximum Gasteiger partial charge on any atom is 0.308 e. The maximum absolute atomic E-state index is 13.7. The molecule has 0 unspecified atom stereocenters. The average molecular weight is 579 g/mol. The van der Waals surface area contributed by atoms with Crippen LogP contribution in [0.1, 0.15) is 111 Å². The summed E-state index contributed by atoms with van der Waals surface area (Å²) in [5.41, 5.74) is 0.933. The van der Waals surface area contributed by atoms with Crippen molar-refractivity contribution in [1.29, 1.82) is 0 Å². The van der Waals surface area contributed by atoms with Crippen molar-refractivity contribution in [1.82, 2.24) is 0 Å². The summed E-state index contributed by atoms with van der Waals surface area (Å²) >= 11 is 0. The molecule has 11 atom stereocenters. The van der Waals surface area contributed by atoms with Crippen molar-refractivity contribution in [3.05, 3.63) is 32.9 Å². The predicted molar refractivity (Wildman–Crippen MR) is 159 cm³/mol. The Labute approximate surface area is 246 Å². The Kier molecular flexibility index (Phi) is 12.0. The molecule has 0 aliphatic carbocycles. The van der Waals surface area contributed by atoms with E-state index < -0.39 is 53.7 Å². The number of carbonyl (C=O) groups is 2. The molecule has 8 heteroatoms. The second kappa shape index (κ2) is 14.0. The lowest BCUT2D eigenvalue weighted by molar-refractivity contribution is -0.337. The van der Waals surface area contributed by atoms with Gasteiger partial charge in [-0.3, -0.25) is 14.4 Å². The topological polar surface area (TPSA) is 123 Å². The molecular weight excluding hydrogens is 524 g/mol. The summed E-state index contributed by atoms with van der Waals surface area (Å²) in [5.74, 6) is -5.51. The van der Waals surface area contributed by atoms with Crippen molar-refractivity contribution in [2.75, 3.05) is 0 Å². The molecule has 1 saturated heterocycles. The van der Waals surface area contributed by atoms with Crippen LogP contribution in [0.15, 0.2) is 9.21 Å². The van der Waals surface area contributed by atoms with E-state index in [1.807, 2.05) is 41.5 Å². The minimum absolute atomic E-state index is 0.0989. The van der Waals surface area contributed by atoms with Gasteiger partial charge in [-0.25, -0.2) is 0 Å². The van der Waals surface area contributed by atoms with E-state index in [-0.39, 0.29) is 29.0 Å². The molecule has 1 fully saturated rings. The molecule has 1 aromatic rings. The Morgan fingerprint density at radius 2 is 1.59 bits per heavy atom. The lowest BCUT2D eigenvalue weighted by Crippen LogP contribution is -2.63. The third-order valence-corrected chi connectivity index (χ3v) is 9.94. The van der Waals surface area contributed by atoms with Crippen LogP contribution in [0.2, 0.25) is 0 Å². The third-order valence-electron chi connectivity index (χ3n) is 9.94. The molecule has 41 heavy (non-hydrogen) atoms. The summed E-state index contributed by atoms with van der Waals surface area (Å²) in [5, 5.41) is 23.0. The average Bonchev–Trinajstić information content (AvgIpc) is 2.97. The first-order valence-electron chi connectivity index (χ1n) is 15.4. The van der Waals surface area contributed by atoms with E-state index in [1.165, 1.54) is 0 Å². The number of ether oxygens (including phenoxy) is 2. The summed E-state index contributed by atoms with van der Waals surface area (Å²) in [6.07, 6.45) is -0.540. The second-order valence-corrected chi connectivity index (χ2v) is 12.6. The van der Waals surface area contributed by atoms with Gasteiger partial charge in [-0.2, -0.15) is 0 Å². The van der Waals surface area contributed by atoms with E-state index in [0.29, 0.717) is 41.9 Å². The molecule has 1 aromatic heterocycles. The van der Waals surface area contributed by atoms with Crippen molar-refractivity contribution in [3.63, 3.8) is 0 Å². The van der Waals surface area contributed by atoms with E-state index in [9.17, 15) is 24.6 Å². The van der Waals surface area contributed by atoms with E-state index in [1.54, 1.807) is 41.5 Å². The van der Waals surface area contributed by atoms with E-state index in [0.717, 1.165) is 0 Å². The molecule has 1 aliphatic rings. The van der Waals surface area contributed by atoms with Crippen LogP contribution in [0, 0.1) is 49.4 Å². The highest BCUT2D eigenvalue weighted by Gasteiger charge is 2.58. The first-order valence-corrected chi connectivity index (χ1v) is 15.4. The Balaban J connectivity index is 2.63. The molecule has 0 aromatic carbocycles. The summed E-state index contributed by atoms with van der Waals surface area (Å²) in [7, 11) is 0. The number of hydrogen-bond acceptors (Lipinski definition) is 8. The Morgan fingerprint density at radius 1 is 1.00 bits per heavy atom. The van der Waals surface area contributed by atoms with Crippen LogP contribution in [0.3, 0.4) is 0 Å². The third kappa shape index (κ3) is 6.80. The monoisotopic (exact) mass is 578 g/mol. The Bertz CT molecular complexity index is 1120. The summed E-state index contributed by atoms with van der Waals surface area (Å²) in [6.45, 7) is 21.7. The van der Waals surface area contributed by atoms with Crippen LogP contribution in [0.25, 0.3) is 0 Å². The smallest absolute Gasteiger partial charge is 0.308 e. The molecule has 1 aliphatic heterocycles. The standard InChI is InChI=1S/C33H54O8/c1-13-16(4)26(34)19(7)28(36)23(11)33(38)24(12)31(40-32(37)17(5)14-2)22(10)30(41-33)21(9)29-20(8)27(35)18(6)25(15-3)39-29/h16-17,19,21-24,26,30-31,34,38H,13-15H2,1-12H3/t16-,17-,19+,21+,22-,23+,24+,26-,30+,31+,33-/m0/s1. The van der Waals surface area contributed by atoms with Gasteiger partial charge in [-0.15, -0.1) is 0 Å². The second-order valence-electron chi connectivity index (χ2n) is 12.6. The van der Waals surface area contributed by atoms with Gasteiger partial charge in [0.1, 0.15) is 23.4 Å². The lowest BCUT2D eigenvalue weighted by Gasteiger charge is -2.52. The number of ketones is 1. The number of aliphatic hydroxyl groups excluding tert-OH is 1. The molecule has 8 nitrogen and oxygen atoms in total. The van der Waals surface area contributed by atoms with E-state index in [2.05, 4.69) is 0 Å². The van der Waals surface area contributed by atoms with E-state index >= 15 is 0 Å². The van der Waals surface area contributed by atoms with Crippen molar-refractivity contribution >= 4 is 11.8 Å². The highest BCUT2D eigenvalue weighted by Crippen LogP contribution is 2.47. The van der Waals surface area contributed by atoms with Gasteiger partial charge in [0, 0.05) is 41.2 Å². The molecule has 2 N–H and O–H groups in total. The fourth-order valence-corrected chi connectivity index (χ4v) is 6.22. The van der Waals surface area contributed by atoms with E-state index in [4.69, 9.17) is 13.9 Å². The fourth-order valence-electron chi connectivity index (χ4n) is 6.22. The molecule has 0 bridgehead atoms. The lowest BCUT2D eigenvalue weighted by atomic mass is 9.70. The number of Topliss-reactive ketones (excluding diaryl/α,β-unsaturated/α-hetero) is 1. The zero-order chi connectivity index (χ0) is 31.6. The zero-order valence-electron chi connectivity index (χ0n) is 27.2. The SMILES string of the molecule is CCc1oc([C@@H](C)[C@H]2O[C@@](O)([C@H](C)C(=O)[C@H](C)[C@@H](O)[C@@H](C)CC)[C@H](C)[C@H](OC(=O)[C@@H](C)CC)[C@H]2C)c(C)c(=O)c1C. The molecule has 0 radical (unpaired) electrons. The molecule has 234 valence electrons. The first-order chi connectivity index (χ1) is 19.0. The molecule has 2 rings (SSSR count). The largest absolute Gasteiger partial charge is 0.465 e. The van der Waals surface area contributed by atoms with Gasteiger partial charge in [-0.05, 0) is 26.2 Å². The van der Waals surface area contributed by atoms with Crippen molar-refractivity contribution in [3.8, 4) is 0 Å². The minimum Gasteiger partial charge on any atom is -0.465 e. The maximum atomic E-state index is 13.7. The van der Waals surface area contributed by atoms with Gasteiger partial charge < -0.3 is 24.1 Å². The number of aryl methyl sites for hydroxylation is 1. The molecule has 0 spiro atoms. The highest BCUT2D eigenvalue weighted by molar-refractivity contribution is 5.84. The van der Waals surface area contributed by atoms with Gasteiger partial charge in [0.25, 0.3) is 0 Å². The number of rotatable bonds is 12. The molecule has 2 heterocycles. The molecule has 0 amide bonds. The predicted octanol–water partition coefficient (Wildman–Crippen LogP) is 5.49. The Hall–Kier alpha value is -2.03. The molecular formula is C33H54O8. The van der Waals surface area contributed by atoms with Crippen LogP contribution < -0.4 is 5.43 Å². The van der Waals surface area contributed by atoms with Gasteiger partial charge >= 0.3 is 5.97 Å². The van der Waals surface area contributed by atoms with Gasteiger partial charge in [0.05, 0.1) is 24.0 Å². The number of esters is 1. The normalized spacial score (nSPS) is 29.2. The van der Waals surface area contributed by atoms with Crippen LogP contribution >= 0.6 is 0 Å². The minimum atomic E-state index is -2.00. The Morgan fingerprint density at radius 3 is 2.10 bits per heavy atom. The van der Waals surface area contributed by atoms with Gasteiger partial charge in [0.15, 0.2) is 11.2 Å². The quantitative estimate of drug-likeness (QED) is 0.312. The fraction of sp³-hybridized carbons (Fsp3) is 0.788. The zero-order valence-corrected chi connectivity index (χ0v) is 27.2. The van der Waals surface area contributed by atoms with Gasteiger partial charge in [-0.1, -0.05) is 75.7 Å². The number of hydrogen-bond donors (Lipinski definition) is 2. The van der Waals surface area contributed by atoms with Gasteiger partial charge in [0.2, 0.25) is 0 Å². The van der Waals surface area contributed by atoms with Crippen LogP contribution in [-0.2, 0) is 25.5 Å². The highest BCUT2D eigenvalue weighted by atomic mass is 16.6. The van der Waals surface area contributed by atoms with Crippen molar-refractivity contribution < 1.29 is 33.7 Å². The number of carbonyl (C=O) groups excluding carboxylic acids is 2. The summed E-state index contributed by atoms with van der Waals surface area (Å²) in [6, 6.07) is 0. The van der Waals surface area contributed by atoms with Crippen LogP contribution in [-0.4, -0.2) is 46.1 Å². The van der Waals surface area contributed by atoms with Crippen molar-refractivity contribution in [2.24, 2.45) is 35.5 Å². The van der Waals surface area contributed by atoms with Crippen LogP contribution in [0.5, 0.6) is 0 Å². The molecule has 0 saturated carbocycles. The summed E-state index contributed by atoms with van der Waals surface area (Å²) < 4.78 is 18.8. The van der Waals surface area contributed by atoms with Crippen LogP contribution in [0.4, 0.5) is 0 Å². The summed E-state index contributed by atoms with van der Waals surface area (Å²) in [4.78, 5) is 39.8.